The number of aromatic nitrogens is 2. The summed E-state index contributed by atoms with van der Waals surface area (Å²) in [6.45, 7) is 0.226. The second kappa shape index (κ2) is 5.87. The Kier molecular flexibility index (Phi) is 3.94. The zero-order chi connectivity index (χ0) is 14.8. The maximum absolute atomic E-state index is 12.1. The Bertz CT molecular complexity index is 798. The molecule has 0 bridgehead atoms. The zero-order valence-corrected chi connectivity index (χ0v) is 13.2. The highest BCUT2D eigenvalue weighted by Crippen LogP contribution is 2.24. The van der Waals surface area contributed by atoms with E-state index in [4.69, 9.17) is 11.6 Å². The van der Waals surface area contributed by atoms with E-state index in [0.29, 0.717) is 10.8 Å². The number of amides is 1. The third-order valence-corrected chi connectivity index (χ3v) is 3.98. The molecule has 0 saturated heterocycles. The zero-order valence-electron chi connectivity index (χ0n) is 10.9. The Hall–Kier alpha value is -1.85. The largest absolute Gasteiger partial charge is 0.338 e. The quantitative estimate of drug-likeness (QED) is 0.761. The first-order valence-corrected chi connectivity index (χ1v) is 7.45. The van der Waals surface area contributed by atoms with Crippen LogP contribution in [0.25, 0.3) is 10.9 Å². The number of anilines is 1. The number of nitrogens with one attached hydrogen (secondary N) is 1. The number of rotatable bonds is 3. The standard InChI is InChI=1S/C15H11BrClN3O/c16-12-2-1-3-13-11(12)6-7-20(13)9-15(21)19-14-5-4-10(17)8-18-14/h1-8H,9H2,(H,18,19,21). The van der Waals surface area contributed by atoms with Gasteiger partial charge in [0.25, 0.3) is 0 Å². The molecular formula is C15H11BrClN3O. The van der Waals surface area contributed by atoms with Gasteiger partial charge in [-0.15, -0.1) is 0 Å². The lowest BCUT2D eigenvalue weighted by Crippen LogP contribution is -2.18. The Balaban J connectivity index is 1.77. The summed E-state index contributed by atoms with van der Waals surface area (Å²) in [5.41, 5.74) is 1.00. The van der Waals surface area contributed by atoms with Crippen molar-refractivity contribution in [1.29, 1.82) is 0 Å². The molecule has 21 heavy (non-hydrogen) atoms. The molecule has 0 aliphatic carbocycles. The number of benzene rings is 1. The second-order valence-corrected chi connectivity index (χ2v) is 5.82. The van der Waals surface area contributed by atoms with Crippen LogP contribution >= 0.6 is 27.5 Å². The van der Waals surface area contributed by atoms with Crippen LogP contribution in [0.4, 0.5) is 5.82 Å². The van der Waals surface area contributed by atoms with Crippen LogP contribution < -0.4 is 5.32 Å². The van der Waals surface area contributed by atoms with Crippen molar-refractivity contribution < 1.29 is 4.79 Å². The molecule has 2 heterocycles. The van der Waals surface area contributed by atoms with Crippen molar-refractivity contribution in [2.24, 2.45) is 0 Å². The van der Waals surface area contributed by atoms with Crippen molar-refractivity contribution in [2.45, 2.75) is 6.54 Å². The van der Waals surface area contributed by atoms with E-state index in [0.717, 1.165) is 15.4 Å². The fourth-order valence-corrected chi connectivity index (χ4v) is 2.71. The van der Waals surface area contributed by atoms with Gasteiger partial charge >= 0.3 is 0 Å². The molecule has 2 aromatic heterocycles. The first-order chi connectivity index (χ1) is 10.1. The molecule has 0 unspecified atom stereocenters. The molecule has 0 atom stereocenters. The number of nitrogens with zero attached hydrogens (tertiary/aromatic N) is 2. The van der Waals surface area contributed by atoms with Gasteiger partial charge in [0, 0.05) is 27.8 Å². The minimum Gasteiger partial charge on any atom is -0.338 e. The van der Waals surface area contributed by atoms with Gasteiger partial charge in [0.05, 0.1) is 5.02 Å². The Morgan fingerprint density at radius 2 is 2.14 bits per heavy atom. The summed E-state index contributed by atoms with van der Waals surface area (Å²) in [5, 5.41) is 4.36. The van der Waals surface area contributed by atoms with Crippen molar-refractivity contribution in [3.8, 4) is 0 Å². The lowest BCUT2D eigenvalue weighted by atomic mass is 10.2. The molecule has 1 amide bonds. The van der Waals surface area contributed by atoms with E-state index in [1.165, 1.54) is 6.20 Å². The van der Waals surface area contributed by atoms with Crippen LogP contribution in [0.15, 0.2) is 53.3 Å². The number of hydrogen-bond donors (Lipinski definition) is 1. The summed E-state index contributed by atoms with van der Waals surface area (Å²) in [4.78, 5) is 16.1. The maximum Gasteiger partial charge on any atom is 0.245 e. The SMILES string of the molecule is O=C(Cn1ccc2c(Br)cccc21)Nc1ccc(Cl)cn1. The van der Waals surface area contributed by atoms with Crippen molar-refractivity contribution in [3.05, 3.63) is 58.3 Å². The van der Waals surface area contributed by atoms with Crippen LogP contribution in [0.1, 0.15) is 0 Å². The summed E-state index contributed by atoms with van der Waals surface area (Å²) in [6, 6.07) is 11.2. The molecule has 1 aromatic carbocycles. The molecule has 0 aliphatic heterocycles. The van der Waals surface area contributed by atoms with Gasteiger partial charge in [-0.25, -0.2) is 4.98 Å². The summed E-state index contributed by atoms with van der Waals surface area (Å²) in [6.07, 6.45) is 3.39. The predicted octanol–water partition coefficient (Wildman–Crippen LogP) is 4.09. The van der Waals surface area contributed by atoms with E-state index >= 15 is 0 Å². The number of carbonyl (C=O) groups excluding carboxylic acids is 1. The van der Waals surface area contributed by atoms with Crippen LogP contribution in [-0.4, -0.2) is 15.5 Å². The highest BCUT2D eigenvalue weighted by molar-refractivity contribution is 9.10. The van der Waals surface area contributed by atoms with Crippen LogP contribution in [-0.2, 0) is 11.3 Å². The highest BCUT2D eigenvalue weighted by Gasteiger charge is 2.08. The number of hydrogen-bond acceptors (Lipinski definition) is 2. The van der Waals surface area contributed by atoms with Gasteiger partial charge in [-0.2, -0.15) is 0 Å². The first kappa shape index (κ1) is 14.1. The average molecular weight is 365 g/mol. The number of carbonyl (C=O) groups is 1. The smallest absolute Gasteiger partial charge is 0.245 e. The fourth-order valence-electron chi connectivity index (χ4n) is 2.11. The minimum absolute atomic E-state index is 0.137. The van der Waals surface area contributed by atoms with Crippen LogP contribution in [0.2, 0.25) is 5.02 Å². The molecule has 4 nitrogen and oxygen atoms in total. The van der Waals surface area contributed by atoms with Gasteiger partial charge in [-0.05, 0) is 30.3 Å². The van der Waals surface area contributed by atoms with E-state index in [2.05, 4.69) is 26.2 Å². The number of halogens is 2. The van der Waals surface area contributed by atoms with E-state index in [9.17, 15) is 4.79 Å². The average Bonchev–Trinajstić information content (AvgIpc) is 2.86. The first-order valence-electron chi connectivity index (χ1n) is 6.28. The van der Waals surface area contributed by atoms with Gasteiger partial charge < -0.3 is 9.88 Å². The van der Waals surface area contributed by atoms with E-state index in [-0.39, 0.29) is 12.5 Å². The third kappa shape index (κ3) is 3.09. The Morgan fingerprint density at radius 1 is 1.29 bits per heavy atom. The predicted molar refractivity (Wildman–Crippen MR) is 87.5 cm³/mol. The Labute approximate surface area is 134 Å². The van der Waals surface area contributed by atoms with Crippen LogP contribution in [0, 0.1) is 0 Å². The van der Waals surface area contributed by atoms with Gasteiger partial charge in [0.2, 0.25) is 5.91 Å². The summed E-state index contributed by atoms with van der Waals surface area (Å²) < 4.78 is 2.91. The molecule has 3 rings (SSSR count). The normalized spacial score (nSPS) is 10.8. The molecule has 0 radical (unpaired) electrons. The van der Waals surface area contributed by atoms with E-state index in [1.54, 1.807) is 12.1 Å². The van der Waals surface area contributed by atoms with Crippen molar-refractivity contribution >= 4 is 50.2 Å². The monoisotopic (exact) mass is 363 g/mol. The van der Waals surface area contributed by atoms with Gasteiger partial charge in [0.1, 0.15) is 12.4 Å². The topological polar surface area (TPSA) is 46.9 Å². The lowest BCUT2D eigenvalue weighted by Gasteiger charge is -2.07. The van der Waals surface area contributed by atoms with Gasteiger partial charge in [0.15, 0.2) is 0 Å². The molecular weight excluding hydrogens is 354 g/mol. The van der Waals surface area contributed by atoms with E-state index in [1.807, 2.05) is 35.0 Å². The Morgan fingerprint density at radius 3 is 2.90 bits per heavy atom. The van der Waals surface area contributed by atoms with Gasteiger partial charge in [-0.3, -0.25) is 4.79 Å². The molecule has 6 heteroatoms. The summed E-state index contributed by atoms with van der Waals surface area (Å²) >= 11 is 9.26. The van der Waals surface area contributed by atoms with E-state index < -0.39 is 0 Å². The lowest BCUT2D eigenvalue weighted by molar-refractivity contribution is -0.116. The summed E-state index contributed by atoms with van der Waals surface area (Å²) in [7, 11) is 0. The fraction of sp³-hybridized carbons (Fsp3) is 0.0667. The third-order valence-electron chi connectivity index (χ3n) is 3.07. The van der Waals surface area contributed by atoms with Crippen LogP contribution in [0.3, 0.4) is 0 Å². The minimum atomic E-state index is -0.137. The molecule has 3 aromatic rings. The molecule has 106 valence electrons. The molecule has 1 N–H and O–H groups in total. The molecule has 0 aliphatic rings. The van der Waals surface area contributed by atoms with Gasteiger partial charge in [-0.1, -0.05) is 33.6 Å². The second-order valence-electron chi connectivity index (χ2n) is 4.53. The highest BCUT2D eigenvalue weighted by atomic mass is 79.9. The number of pyridine rings is 1. The van der Waals surface area contributed by atoms with Crippen LogP contribution in [0.5, 0.6) is 0 Å². The molecule has 0 saturated carbocycles. The molecule has 0 fully saturated rings. The summed E-state index contributed by atoms with van der Waals surface area (Å²) in [5.74, 6) is 0.351. The van der Waals surface area contributed by atoms with Crippen molar-refractivity contribution in [3.63, 3.8) is 0 Å². The molecule has 0 spiro atoms. The maximum atomic E-state index is 12.1. The number of fused-ring (bicyclic) bond motifs is 1. The van der Waals surface area contributed by atoms with Crippen molar-refractivity contribution in [1.82, 2.24) is 9.55 Å². The van der Waals surface area contributed by atoms with Crippen molar-refractivity contribution in [2.75, 3.05) is 5.32 Å².